The highest BCUT2D eigenvalue weighted by Crippen LogP contribution is 2.15. The SMILES string of the molecule is COCCOc1cc(NC(C)(C)C)ncn1. The summed E-state index contributed by atoms with van der Waals surface area (Å²) in [5, 5.41) is 3.25. The van der Waals surface area contributed by atoms with Crippen molar-refractivity contribution in [3.63, 3.8) is 0 Å². The van der Waals surface area contributed by atoms with E-state index in [-0.39, 0.29) is 5.54 Å². The van der Waals surface area contributed by atoms with Gasteiger partial charge in [0.1, 0.15) is 18.8 Å². The molecule has 0 unspecified atom stereocenters. The fourth-order valence-corrected chi connectivity index (χ4v) is 1.10. The number of aromatic nitrogens is 2. The van der Waals surface area contributed by atoms with Crippen LogP contribution in [0.25, 0.3) is 0 Å². The van der Waals surface area contributed by atoms with Crippen molar-refractivity contribution in [2.45, 2.75) is 26.3 Å². The maximum atomic E-state index is 5.39. The smallest absolute Gasteiger partial charge is 0.218 e. The van der Waals surface area contributed by atoms with E-state index in [1.165, 1.54) is 6.33 Å². The van der Waals surface area contributed by atoms with Crippen LogP contribution in [0.3, 0.4) is 0 Å². The van der Waals surface area contributed by atoms with E-state index in [1.807, 2.05) is 0 Å². The molecule has 5 nitrogen and oxygen atoms in total. The van der Waals surface area contributed by atoms with Crippen LogP contribution in [-0.2, 0) is 4.74 Å². The fourth-order valence-electron chi connectivity index (χ4n) is 1.10. The summed E-state index contributed by atoms with van der Waals surface area (Å²) in [5.41, 5.74) is -0.0296. The summed E-state index contributed by atoms with van der Waals surface area (Å²) in [6.45, 7) is 7.25. The molecule has 0 saturated heterocycles. The van der Waals surface area contributed by atoms with Crippen LogP contribution in [0.4, 0.5) is 5.82 Å². The maximum absolute atomic E-state index is 5.39. The summed E-state index contributed by atoms with van der Waals surface area (Å²) in [5.74, 6) is 1.31. The predicted molar refractivity (Wildman–Crippen MR) is 62.8 cm³/mol. The summed E-state index contributed by atoms with van der Waals surface area (Å²) in [6.07, 6.45) is 1.48. The van der Waals surface area contributed by atoms with Crippen LogP contribution in [0.2, 0.25) is 0 Å². The molecule has 1 heterocycles. The number of nitrogens with zero attached hydrogens (tertiary/aromatic N) is 2. The number of methoxy groups -OCH3 is 1. The van der Waals surface area contributed by atoms with Crippen LogP contribution in [-0.4, -0.2) is 35.8 Å². The Bertz CT molecular complexity index is 323. The molecule has 5 heteroatoms. The molecule has 0 aliphatic carbocycles. The van der Waals surface area contributed by atoms with Gasteiger partial charge < -0.3 is 14.8 Å². The lowest BCUT2D eigenvalue weighted by atomic mass is 10.1. The highest BCUT2D eigenvalue weighted by Gasteiger charge is 2.10. The van der Waals surface area contributed by atoms with E-state index in [1.54, 1.807) is 13.2 Å². The van der Waals surface area contributed by atoms with Gasteiger partial charge in [-0.05, 0) is 20.8 Å². The first-order valence-electron chi connectivity index (χ1n) is 5.23. The summed E-state index contributed by atoms with van der Waals surface area (Å²) in [7, 11) is 1.63. The lowest BCUT2D eigenvalue weighted by Gasteiger charge is -2.21. The molecule has 1 aromatic rings. The van der Waals surface area contributed by atoms with Crippen molar-refractivity contribution in [1.82, 2.24) is 9.97 Å². The number of rotatable bonds is 5. The van der Waals surface area contributed by atoms with E-state index in [4.69, 9.17) is 9.47 Å². The van der Waals surface area contributed by atoms with Gasteiger partial charge in [0.2, 0.25) is 5.88 Å². The van der Waals surface area contributed by atoms with Crippen molar-refractivity contribution in [1.29, 1.82) is 0 Å². The summed E-state index contributed by atoms with van der Waals surface area (Å²) < 4.78 is 10.3. The molecule has 1 N–H and O–H groups in total. The number of hydrogen-bond acceptors (Lipinski definition) is 5. The third-order valence-corrected chi connectivity index (χ3v) is 1.68. The molecule has 0 aromatic carbocycles. The monoisotopic (exact) mass is 225 g/mol. The van der Waals surface area contributed by atoms with Crippen molar-refractivity contribution >= 4 is 5.82 Å². The van der Waals surface area contributed by atoms with Crippen LogP contribution in [0.1, 0.15) is 20.8 Å². The van der Waals surface area contributed by atoms with Gasteiger partial charge in [-0.3, -0.25) is 0 Å². The number of hydrogen-bond donors (Lipinski definition) is 1. The van der Waals surface area contributed by atoms with Crippen molar-refractivity contribution in [3.8, 4) is 5.88 Å². The number of anilines is 1. The Labute approximate surface area is 96.2 Å². The fraction of sp³-hybridized carbons (Fsp3) is 0.636. The minimum Gasteiger partial charge on any atom is -0.475 e. The minimum absolute atomic E-state index is 0.0296. The molecule has 0 fully saturated rings. The number of ether oxygens (including phenoxy) is 2. The summed E-state index contributed by atoms with van der Waals surface area (Å²) in [4.78, 5) is 8.13. The predicted octanol–water partition coefficient (Wildman–Crippen LogP) is 1.71. The van der Waals surface area contributed by atoms with Gasteiger partial charge >= 0.3 is 0 Å². The molecular formula is C11H19N3O2. The van der Waals surface area contributed by atoms with Gasteiger partial charge in [-0.25, -0.2) is 9.97 Å². The van der Waals surface area contributed by atoms with Crippen LogP contribution in [0.5, 0.6) is 5.88 Å². The van der Waals surface area contributed by atoms with E-state index in [2.05, 4.69) is 36.1 Å². The van der Waals surface area contributed by atoms with Gasteiger partial charge in [-0.15, -0.1) is 0 Å². The quantitative estimate of drug-likeness (QED) is 0.773. The van der Waals surface area contributed by atoms with E-state index in [0.717, 1.165) is 5.82 Å². The van der Waals surface area contributed by atoms with Gasteiger partial charge in [0.05, 0.1) is 6.61 Å². The molecule has 0 spiro atoms. The standard InChI is InChI=1S/C11H19N3O2/c1-11(2,3)14-9-7-10(13-8-12-9)16-6-5-15-4/h7-8H,5-6H2,1-4H3,(H,12,13,14). The molecule has 0 amide bonds. The maximum Gasteiger partial charge on any atom is 0.218 e. The van der Waals surface area contributed by atoms with E-state index in [0.29, 0.717) is 19.1 Å². The Hall–Kier alpha value is -1.36. The van der Waals surface area contributed by atoms with E-state index in [9.17, 15) is 0 Å². The normalized spacial score (nSPS) is 11.2. The Kier molecular flexibility index (Phi) is 4.49. The average Bonchev–Trinajstić information content (AvgIpc) is 2.16. The Morgan fingerprint density at radius 3 is 2.62 bits per heavy atom. The Balaban J connectivity index is 2.57. The minimum atomic E-state index is -0.0296. The molecule has 0 aliphatic heterocycles. The zero-order valence-corrected chi connectivity index (χ0v) is 10.3. The van der Waals surface area contributed by atoms with Crippen molar-refractivity contribution < 1.29 is 9.47 Å². The molecular weight excluding hydrogens is 206 g/mol. The summed E-state index contributed by atoms with van der Waals surface area (Å²) in [6, 6.07) is 1.78. The molecule has 16 heavy (non-hydrogen) atoms. The van der Waals surface area contributed by atoms with Crippen molar-refractivity contribution in [2.75, 3.05) is 25.6 Å². The highest BCUT2D eigenvalue weighted by atomic mass is 16.5. The first-order valence-corrected chi connectivity index (χ1v) is 5.23. The third kappa shape index (κ3) is 4.93. The van der Waals surface area contributed by atoms with Crippen LogP contribution < -0.4 is 10.1 Å². The van der Waals surface area contributed by atoms with E-state index < -0.39 is 0 Å². The lowest BCUT2D eigenvalue weighted by Crippen LogP contribution is -2.26. The van der Waals surface area contributed by atoms with Crippen LogP contribution in [0.15, 0.2) is 12.4 Å². The number of nitrogens with one attached hydrogen (secondary N) is 1. The van der Waals surface area contributed by atoms with Gasteiger partial charge in [-0.2, -0.15) is 0 Å². The third-order valence-electron chi connectivity index (χ3n) is 1.68. The highest BCUT2D eigenvalue weighted by molar-refractivity contribution is 5.39. The Morgan fingerprint density at radius 1 is 1.25 bits per heavy atom. The van der Waals surface area contributed by atoms with Crippen molar-refractivity contribution in [2.24, 2.45) is 0 Å². The zero-order valence-electron chi connectivity index (χ0n) is 10.3. The largest absolute Gasteiger partial charge is 0.475 e. The molecule has 0 bridgehead atoms. The molecule has 0 atom stereocenters. The molecule has 1 rings (SSSR count). The molecule has 1 aromatic heterocycles. The second-order valence-corrected chi connectivity index (χ2v) is 4.46. The Morgan fingerprint density at radius 2 is 2.00 bits per heavy atom. The van der Waals surface area contributed by atoms with Gasteiger partial charge in [0.15, 0.2) is 0 Å². The van der Waals surface area contributed by atoms with Crippen LogP contribution >= 0.6 is 0 Å². The first kappa shape index (κ1) is 12.7. The van der Waals surface area contributed by atoms with Crippen LogP contribution in [0, 0.1) is 0 Å². The second-order valence-electron chi connectivity index (χ2n) is 4.46. The molecule has 0 saturated carbocycles. The lowest BCUT2D eigenvalue weighted by molar-refractivity contribution is 0.143. The average molecular weight is 225 g/mol. The van der Waals surface area contributed by atoms with Crippen molar-refractivity contribution in [3.05, 3.63) is 12.4 Å². The molecule has 0 radical (unpaired) electrons. The molecule has 90 valence electrons. The summed E-state index contributed by atoms with van der Waals surface area (Å²) >= 11 is 0. The molecule has 0 aliphatic rings. The topological polar surface area (TPSA) is 56.3 Å². The van der Waals surface area contributed by atoms with Gasteiger partial charge in [0, 0.05) is 18.7 Å². The zero-order chi connectivity index (χ0) is 12.0. The second kappa shape index (κ2) is 5.65. The van der Waals surface area contributed by atoms with Gasteiger partial charge in [-0.1, -0.05) is 0 Å². The van der Waals surface area contributed by atoms with Gasteiger partial charge in [0.25, 0.3) is 0 Å². The van der Waals surface area contributed by atoms with E-state index >= 15 is 0 Å². The first-order chi connectivity index (χ1) is 7.51.